The molecule has 0 saturated heterocycles. The molecule has 8 aromatic heterocycles. The normalized spacial score (nSPS) is 11.3. The molecule has 0 amide bonds. The van der Waals surface area contributed by atoms with Crippen LogP contribution in [0.4, 0.5) is 0 Å². The van der Waals surface area contributed by atoms with Gasteiger partial charge in [-0.3, -0.25) is 14.6 Å². The molecule has 0 radical (unpaired) electrons. The van der Waals surface area contributed by atoms with Gasteiger partial charge in [-0.15, -0.1) is 22.7 Å². The van der Waals surface area contributed by atoms with Gasteiger partial charge in [0.15, 0.2) is 0 Å². The topological polar surface area (TPSA) is 134 Å². The van der Waals surface area contributed by atoms with Crippen LogP contribution in [0.15, 0.2) is 129 Å². The Morgan fingerprint density at radius 2 is 0.514 bits per heavy atom. The van der Waals surface area contributed by atoms with Gasteiger partial charge in [0.2, 0.25) is 0 Å². The van der Waals surface area contributed by atoms with E-state index in [0.717, 1.165) is 23.0 Å². The van der Waals surface area contributed by atoms with Crippen molar-refractivity contribution in [1.29, 1.82) is 0 Å². The zero-order chi connectivity index (χ0) is 80.1. The third-order valence-electron chi connectivity index (χ3n) is 17.3. The van der Waals surface area contributed by atoms with E-state index in [9.17, 15) is 0 Å². The Morgan fingerprint density at radius 1 is 0.219 bits per heavy atom. The van der Waals surface area contributed by atoms with Crippen LogP contribution in [-0.4, -0.2) is 54.9 Å². The summed E-state index contributed by atoms with van der Waals surface area (Å²) in [6, 6.07) is 26.7. The molecule has 0 atom stereocenters. The van der Waals surface area contributed by atoms with Gasteiger partial charge in [0, 0.05) is 99.4 Å². The lowest BCUT2D eigenvalue weighted by Gasteiger charge is -2.08. The van der Waals surface area contributed by atoms with Crippen LogP contribution in [0.1, 0.15) is 449 Å². The molecule has 0 unspecified atom stereocenters. The van der Waals surface area contributed by atoms with Gasteiger partial charge in [-0.1, -0.05) is 272 Å². The number of benzene rings is 1. The third kappa shape index (κ3) is 38.1. The van der Waals surface area contributed by atoms with Crippen molar-refractivity contribution in [3.8, 4) is 0 Å². The summed E-state index contributed by atoms with van der Waals surface area (Å²) in [5, 5.41) is 13.8. The molecular weight excluding hydrogens is 1320 g/mol. The Kier molecular flexibility index (Phi) is 45.9. The number of hydrogen-bond donors (Lipinski definition) is 0. The fraction of sp³-hybridized carbons (Fsp3) is 0.587. The molecular formula is C92H147N11S2. The fourth-order valence-electron chi connectivity index (χ4n) is 9.08. The summed E-state index contributed by atoms with van der Waals surface area (Å²) in [6.45, 7) is 78.2. The molecule has 105 heavy (non-hydrogen) atoms. The van der Waals surface area contributed by atoms with Gasteiger partial charge in [0.1, 0.15) is 11.6 Å². The molecule has 0 N–H and O–H groups in total. The van der Waals surface area contributed by atoms with Crippen LogP contribution in [-0.2, 0) is 0 Å². The van der Waals surface area contributed by atoms with Crippen molar-refractivity contribution in [1.82, 2.24) is 54.9 Å². The second kappa shape index (κ2) is 50.0. The monoisotopic (exact) mass is 1470 g/mol. The van der Waals surface area contributed by atoms with Crippen LogP contribution >= 0.6 is 22.7 Å². The first-order valence-electron chi connectivity index (χ1n) is 39.6. The molecule has 0 aliphatic heterocycles. The molecule has 0 saturated carbocycles. The Hall–Kier alpha value is -6.70. The SMILES string of the molecule is CC(C)c1ccc(C(C)C)cc1.CC(C)c1ccc(C(C)C)nc1.CC(C)c1ccc(C(C)C)nc1.CC(C)c1ccc(C(C)C)nn1.CC(C)c1ccc(C(C)C)s1.CC(C)c1cnc(C(C)C)nc1.CC(C)c1cnc(C(C)C)nc1.CC(C)c1cnc(C(C)C)s1.CC(C)c1cnn(C(C)C)c1. The number of thiazole rings is 1. The van der Waals surface area contributed by atoms with Crippen molar-refractivity contribution >= 4 is 22.7 Å². The average molecular weight is 1470 g/mol. The highest BCUT2D eigenvalue weighted by molar-refractivity contribution is 7.12. The second-order valence-electron chi connectivity index (χ2n) is 33.2. The first-order valence-corrected chi connectivity index (χ1v) is 41.2. The van der Waals surface area contributed by atoms with Gasteiger partial charge in [-0.25, -0.2) is 24.9 Å². The van der Waals surface area contributed by atoms with Crippen LogP contribution in [0, 0.1) is 0 Å². The van der Waals surface area contributed by atoms with Crippen molar-refractivity contribution in [2.45, 2.75) is 356 Å². The summed E-state index contributed by atoms with van der Waals surface area (Å²) in [5.41, 5.74) is 13.7. The molecule has 582 valence electrons. The first-order chi connectivity index (χ1) is 49.0. The van der Waals surface area contributed by atoms with Gasteiger partial charge in [-0.05, 0) is 172 Å². The standard InChI is InChI=1S/C12H18.2C11H17N.3C10H16N2.C10H16S.C9H16N2.C9H15NS/c1-9(2)11-5-7-12(8-6-11)10(3)4;2*1-8(2)10-5-6-11(9(3)4)12-7-10;2*1-7(2)9-5-11-10(8(3)4)12-6-9;1-7(2)9-5-6-10(8(3)4)12-11-9;1-7(2)9-5-6-10(11-9)8(3)4;1-7(2)9-5-10-11(6-9)8(3)4;1-6(2)8-5-10-9(11-8)7(3)4/h5-10H,1-4H3;2*5-9H,1-4H3;3*5-8H,1-4H3;2*5-8H,1-4H3;5-7H,1-4H3. The molecule has 9 aromatic rings. The number of thiophene rings is 1. The Labute approximate surface area is 650 Å². The number of nitrogens with zero attached hydrogens (tertiary/aromatic N) is 11. The maximum Gasteiger partial charge on any atom is 0.130 e. The maximum atomic E-state index is 4.40. The number of aromatic nitrogens is 11. The van der Waals surface area contributed by atoms with E-state index in [-0.39, 0.29) is 0 Å². The van der Waals surface area contributed by atoms with Crippen molar-refractivity contribution in [2.24, 2.45) is 0 Å². The minimum Gasteiger partial charge on any atom is -0.270 e. The van der Waals surface area contributed by atoms with E-state index in [0.29, 0.717) is 107 Å². The summed E-state index contributed by atoms with van der Waals surface area (Å²) < 4.78 is 2.00. The molecule has 0 spiro atoms. The summed E-state index contributed by atoms with van der Waals surface area (Å²) in [6.07, 6.45) is 17.7. The molecule has 13 heteroatoms. The zero-order valence-electron chi connectivity index (χ0n) is 72.8. The van der Waals surface area contributed by atoms with Gasteiger partial charge in [0.05, 0.1) is 22.6 Å². The summed E-state index contributed by atoms with van der Waals surface area (Å²) in [4.78, 5) is 34.7. The van der Waals surface area contributed by atoms with Crippen LogP contribution in [0.2, 0.25) is 0 Å². The third-order valence-corrected chi connectivity index (χ3v) is 20.5. The molecule has 0 aliphatic carbocycles. The minimum atomic E-state index is 0.422. The smallest absolute Gasteiger partial charge is 0.130 e. The van der Waals surface area contributed by atoms with E-state index < -0.39 is 0 Å². The quantitative estimate of drug-likeness (QED) is 0.0817. The van der Waals surface area contributed by atoms with Crippen molar-refractivity contribution in [2.75, 3.05) is 0 Å². The fourth-order valence-corrected chi connectivity index (χ4v) is 11.0. The lowest BCUT2D eigenvalue weighted by atomic mass is 9.97. The van der Waals surface area contributed by atoms with E-state index >= 15 is 0 Å². The van der Waals surface area contributed by atoms with Gasteiger partial charge in [-0.2, -0.15) is 15.3 Å². The van der Waals surface area contributed by atoms with E-state index in [2.05, 4.69) is 378 Å². The van der Waals surface area contributed by atoms with E-state index in [1.807, 2.05) is 76.9 Å². The Balaban J connectivity index is 0.000000591. The Bertz CT molecular complexity index is 2840. The highest BCUT2D eigenvalue weighted by atomic mass is 32.1. The van der Waals surface area contributed by atoms with E-state index in [1.165, 1.54) is 70.0 Å². The van der Waals surface area contributed by atoms with Crippen LogP contribution in [0.3, 0.4) is 0 Å². The highest BCUT2D eigenvalue weighted by Crippen LogP contribution is 2.30. The van der Waals surface area contributed by atoms with E-state index in [4.69, 9.17) is 0 Å². The lowest BCUT2D eigenvalue weighted by Crippen LogP contribution is -1.99. The number of pyridine rings is 2. The second-order valence-corrected chi connectivity index (χ2v) is 35.4. The summed E-state index contributed by atoms with van der Waals surface area (Å²) >= 11 is 3.79. The Morgan fingerprint density at radius 3 is 0.705 bits per heavy atom. The van der Waals surface area contributed by atoms with E-state index in [1.54, 1.807) is 0 Å². The molecule has 0 fully saturated rings. The number of rotatable bonds is 18. The number of hydrogen-bond acceptors (Lipinski definition) is 12. The molecule has 0 bridgehead atoms. The van der Waals surface area contributed by atoms with Crippen LogP contribution in [0.5, 0.6) is 0 Å². The van der Waals surface area contributed by atoms with Gasteiger partial charge in [0.25, 0.3) is 0 Å². The first kappa shape index (κ1) is 96.3. The van der Waals surface area contributed by atoms with Crippen molar-refractivity contribution in [3.05, 3.63) is 222 Å². The van der Waals surface area contributed by atoms with Gasteiger partial charge < -0.3 is 0 Å². The molecule has 1 aromatic carbocycles. The largest absolute Gasteiger partial charge is 0.270 e. The van der Waals surface area contributed by atoms with Crippen LogP contribution < -0.4 is 0 Å². The van der Waals surface area contributed by atoms with Crippen LogP contribution in [0.25, 0.3) is 0 Å². The van der Waals surface area contributed by atoms with Crippen molar-refractivity contribution in [3.63, 3.8) is 0 Å². The maximum absolute atomic E-state index is 4.40. The molecule has 8 heterocycles. The molecule has 9 rings (SSSR count). The van der Waals surface area contributed by atoms with Crippen molar-refractivity contribution < 1.29 is 0 Å². The zero-order valence-corrected chi connectivity index (χ0v) is 74.4. The summed E-state index contributed by atoms with van der Waals surface area (Å²) in [5.74, 6) is 11.4. The predicted octanol–water partition coefficient (Wildman–Crippen LogP) is 28.7. The minimum absolute atomic E-state index is 0.422. The van der Waals surface area contributed by atoms with Gasteiger partial charge >= 0.3 is 0 Å². The molecule has 0 aliphatic rings. The average Bonchev–Trinajstić information content (AvgIpc) is 1.72. The molecule has 11 nitrogen and oxygen atoms in total. The lowest BCUT2D eigenvalue weighted by molar-refractivity contribution is 0.531. The summed E-state index contributed by atoms with van der Waals surface area (Å²) in [7, 11) is 0. The predicted molar refractivity (Wildman–Crippen MR) is 460 cm³/mol. The highest BCUT2D eigenvalue weighted by Gasteiger charge is 2.12.